The third kappa shape index (κ3) is 6.01. The first-order valence-electron chi connectivity index (χ1n) is 9.70. The van der Waals surface area contributed by atoms with E-state index in [-0.39, 0.29) is 27.8 Å². The van der Waals surface area contributed by atoms with Crippen molar-refractivity contribution in [3.63, 3.8) is 0 Å². The van der Waals surface area contributed by atoms with Crippen LogP contribution in [0.15, 0.2) is 22.5 Å². The van der Waals surface area contributed by atoms with Crippen LogP contribution >= 0.6 is 23.1 Å². The van der Waals surface area contributed by atoms with E-state index in [1.165, 1.54) is 29.2 Å². The minimum atomic E-state index is -0.778. The molecule has 0 saturated carbocycles. The summed E-state index contributed by atoms with van der Waals surface area (Å²) >= 11 is 2.51. The Balaban J connectivity index is 1.72. The van der Waals surface area contributed by atoms with E-state index < -0.39 is 30.1 Å². The average molecular weight is 498 g/mol. The Morgan fingerprint density at radius 2 is 2.15 bits per heavy atom. The molecule has 2 N–H and O–H groups in total. The van der Waals surface area contributed by atoms with Gasteiger partial charge < -0.3 is 24.9 Å². The van der Waals surface area contributed by atoms with Gasteiger partial charge in [-0.3, -0.25) is 19.3 Å². The predicted octanol–water partition coefficient (Wildman–Crippen LogP) is 0.661. The fourth-order valence-electron chi connectivity index (χ4n) is 2.84. The molecule has 0 aliphatic carbocycles. The molecule has 178 valence electrons. The average Bonchev–Trinajstić information content (AvgIpc) is 3.21. The molecule has 1 aromatic heterocycles. The van der Waals surface area contributed by atoms with E-state index in [0.717, 1.165) is 11.3 Å². The van der Waals surface area contributed by atoms with Crippen molar-refractivity contribution in [3.8, 4) is 0 Å². The zero-order valence-corrected chi connectivity index (χ0v) is 19.9. The minimum absolute atomic E-state index is 0.104. The molecule has 14 heteroatoms. The Hall–Kier alpha value is -3.13. The van der Waals surface area contributed by atoms with Gasteiger partial charge in [0.05, 0.1) is 12.9 Å². The number of carbonyl (C=O) groups is 4. The van der Waals surface area contributed by atoms with Crippen molar-refractivity contribution < 1.29 is 33.5 Å². The lowest BCUT2D eigenvalue weighted by Crippen LogP contribution is -2.69. The fraction of sp³-hybridized carbons (Fsp3) is 0.474. The quantitative estimate of drug-likeness (QED) is 0.165. The lowest BCUT2D eigenvalue weighted by Gasteiger charge is -2.46. The number of anilines is 1. The van der Waals surface area contributed by atoms with Crippen molar-refractivity contribution in [2.24, 2.45) is 5.16 Å². The number of rotatable bonds is 9. The molecule has 1 saturated heterocycles. The van der Waals surface area contributed by atoms with Crippen molar-refractivity contribution in [2.45, 2.75) is 37.8 Å². The Kier molecular flexibility index (Phi) is 7.58. The second kappa shape index (κ2) is 10.2. The number of amides is 3. The molecule has 1 aromatic rings. The molecule has 2 aliphatic heterocycles. The first-order chi connectivity index (χ1) is 15.6. The highest BCUT2D eigenvalue weighted by atomic mass is 32.2. The van der Waals surface area contributed by atoms with Crippen molar-refractivity contribution in [1.29, 1.82) is 0 Å². The summed E-state index contributed by atoms with van der Waals surface area (Å²) in [6.45, 7) is 4.58. The SMILES string of the molecule is COC1=CN2C(=O)C(NC(=O)C(=NOCC(=O)OC(C)(C)C)c3csc(NC=O)n3)[C@H]2SC1. The van der Waals surface area contributed by atoms with Crippen molar-refractivity contribution in [2.75, 3.05) is 24.8 Å². The van der Waals surface area contributed by atoms with Crippen molar-refractivity contribution in [3.05, 3.63) is 23.0 Å². The molecular weight excluding hydrogens is 474 g/mol. The van der Waals surface area contributed by atoms with Crippen LogP contribution in [0.25, 0.3) is 0 Å². The first kappa shape index (κ1) is 24.5. The third-order valence-corrected chi connectivity index (χ3v) is 6.28. The summed E-state index contributed by atoms with van der Waals surface area (Å²) in [4.78, 5) is 58.6. The number of nitrogens with zero attached hydrogens (tertiary/aromatic N) is 3. The zero-order chi connectivity index (χ0) is 24.2. The van der Waals surface area contributed by atoms with Crippen LogP contribution in [0, 0.1) is 0 Å². The maximum Gasteiger partial charge on any atom is 0.347 e. The Morgan fingerprint density at radius 3 is 2.82 bits per heavy atom. The van der Waals surface area contributed by atoms with Gasteiger partial charge in [0.1, 0.15) is 28.5 Å². The van der Waals surface area contributed by atoms with E-state index in [1.807, 2.05) is 0 Å². The molecule has 3 heterocycles. The number of methoxy groups -OCH3 is 1. The number of carbonyl (C=O) groups excluding carboxylic acids is 4. The maximum atomic E-state index is 13.0. The van der Waals surface area contributed by atoms with E-state index in [1.54, 1.807) is 27.0 Å². The van der Waals surface area contributed by atoms with Crippen molar-refractivity contribution in [1.82, 2.24) is 15.2 Å². The van der Waals surface area contributed by atoms with Crippen LogP contribution in [0.4, 0.5) is 5.13 Å². The van der Waals surface area contributed by atoms with Crippen LogP contribution in [0.2, 0.25) is 0 Å². The smallest absolute Gasteiger partial charge is 0.347 e. The van der Waals surface area contributed by atoms with Gasteiger partial charge in [-0.15, -0.1) is 23.1 Å². The summed E-state index contributed by atoms with van der Waals surface area (Å²) in [5.74, 6) is -0.473. The summed E-state index contributed by atoms with van der Waals surface area (Å²) in [7, 11) is 1.53. The Morgan fingerprint density at radius 1 is 1.39 bits per heavy atom. The number of hydrogen-bond acceptors (Lipinski definition) is 11. The maximum absolute atomic E-state index is 13.0. The molecule has 0 aromatic carbocycles. The summed E-state index contributed by atoms with van der Waals surface area (Å²) in [6, 6.07) is -0.778. The first-order valence-corrected chi connectivity index (χ1v) is 11.6. The zero-order valence-electron chi connectivity index (χ0n) is 18.3. The van der Waals surface area contributed by atoms with Gasteiger partial charge >= 0.3 is 5.97 Å². The van der Waals surface area contributed by atoms with Crippen LogP contribution in [-0.2, 0) is 33.5 Å². The highest BCUT2D eigenvalue weighted by molar-refractivity contribution is 8.00. The molecule has 0 bridgehead atoms. The molecular formula is C19H23N5O7S2. The van der Waals surface area contributed by atoms with Gasteiger partial charge in [0, 0.05) is 11.6 Å². The monoisotopic (exact) mass is 497 g/mol. The molecule has 0 spiro atoms. The minimum Gasteiger partial charge on any atom is -0.499 e. The second-order valence-corrected chi connectivity index (χ2v) is 9.76. The van der Waals surface area contributed by atoms with Gasteiger partial charge in [-0.25, -0.2) is 9.78 Å². The largest absolute Gasteiger partial charge is 0.499 e. The number of thioether (sulfide) groups is 1. The molecule has 0 radical (unpaired) electrons. The number of nitrogens with one attached hydrogen (secondary N) is 2. The highest BCUT2D eigenvalue weighted by Crippen LogP contribution is 2.36. The summed E-state index contributed by atoms with van der Waals surface area (Å²) in [6.07, 6.45) is 2.06. The number of oxime groups is 1. The normalized spacial score (nSPS) is 20.1. The van der Waals surface area contributed by atoms with Gasteiger partial charge in [-0.2, -0.15) is 0 Å². The van der Waals surface area contributed by atoms with E-state index in [4.69, 9.17) is 14.3 Å². The van der Waals surface area contributed by atoms with Gasteiger partial charge in [0.2, 0.25) is 13.0 Å². The van der Waals surface area contributed by atoms with E-state index >= 15 is 0 Å². The molecule has 1 fully saturated rings. The molecule has 12 nitrogen and oxygen atoms in total. The van der Waals surface area contributed by atoms with Gasteiger partial charge in [0.15, 0.2) is 10.8 Å². The molecule has 33 heavy (non-hydrogen) atoms. The van der Waals surface area contributed by atoms with Crippen LogP contribution in [0.5, 0.6) is 0 Å². The second-order valence-electron chi connectivity index (χ2n) is 7.80. The number of hydrogen-bond donors (Lipinski definition) is 2. The van der Waals surface area contributed by atoms with Gasteiger partial charge in [-0.1, -0.05) is 5.16 Å². The number of ether oxygens (including phenoxy) is 2. The standard InChI is InChI=1S/C19H23N5O7S2/c1-19(2,3)31-12(26)6-30-23-13(11-8-33-18(21-11)20-9-25)15(27)22-14-16(28)24-5-10(29-4)7-32-17(14)24/h5,8-9,14,17H,6-7H2,1-4H3,(H,22,27)(H,20,21,25)/t14?,17-/m1/s1. The van der Waals surface area contributed by atoms with Crippen LogP contribution in [-0.4, -0.2) is 76.3 Å². The summed E-state index contributed by atoms with van der Waals surface area (Å²) in [5.41, 5.74) is -0.860. The van der Waals surface area contributed by atoms with Gasteiger partial charge in [-0.05, 0) is 20.8 Å². The fourth-order valence-corrected chi connectivity index (χ4v) is 4.72. The van der Waals surface area contributed by atoms with E-state index in [2.05, 4.69) is 20.8 Å². The molecule has 2 atom stereocenters. The molecule has 3 rings (SSSR count). The lowest BCUT2D eigenvalue weighted by molar-refractivity contribution is -0.160. The number of β-lactam (4-membered cyclic amide) rings is 1. The van der Waals surface area contributed by atoms with Crippen LogP contribution < -0.4 is 10.6 Å². The summed E-state index contributed by atoms with van der Waals surface area (Å²) < 4.78 is 10.3. The Bertz CT molecular complexity index is 1000. The predicted molar refractivity (Wildman–Crippen MR) is 120 cm³/mol. The third-order valence-electron chi connectivity index (χ3n) is 4.21. The number of thiazole rings is 1. The molecule has 2 aliphatic rings. The van der Waals surface area contributed by atoms with Crippen LogP contribution in [0.1, 0.15) is 26.5 Å². The van der Waals surface area contributed by atoms with Gasteiger partial charge in [0.25, 0.3) is 11.8 Å². The number of fused-ring (bicyclic) bond motifs is 1. The Labute approximate surface area is 197 Å². The van der Waals surface area contributed by atoms with E-state index in [0.29, 0.717) is 17.9 Å². The topological polar surface area (TPSA) is 149 Å². The lowest BCUT2D eigenvalue weighted by atomic mass is 10.1. The molecule has 1 unspecified atom stereocenters. The molecule has 3 amide bonds. The number of esters is 1. The number of aromatic nitrogens is 1. The summed E-state index contributed by atoms with van der Waals surface area (Å²) in [5, 5.41) is 10.2. The van der Waals surface area contributed by atoms with Crippen LogP contribution in [0.3, 0.4) is 0 Å². The van der Waals surface area contributed by atoms with E-state index in [9.17, 15) is 19.2 Å². The highest BCUT2D eigenvalue weighted by Gasteiger charge is 2.50. The van der Waals surface area contributed by atoms with Crippen molar-refractivity contribution >= 4 is 58.1 Å².